The molecule has 4 aromatic rings. The number of hydrogen-bond acceptors (Lipinski definition) is 5. The summed E-state index contributed by atoms with van der Waals surface area (Å²) >= 11 is 0. The third-order valence-corrected chi connectivity index (χ3v) is 5.93. The number of pyridine rings is 2. The molecule has 9 heteroatoms. The maximum absolute atomic E-state index is 12.8. The number of allylic oxidation sites excluding steroid dienone is 2. The van der Waals surface area contributed by atoms with Crippen molar-refractivity contribution in [1.29, 1.82) is 0 Å². The molecule has 0 aliphatic heterocycles. The molecular formula is C30H22F3N5O. The number of alkyl halides is 3. The molecular weight excluding hydrogens is 503 g/mol. The zero-order valence-electron chi connectivity index (χ0n) is 20.5. The van der Waals surface area contributed by atoms with E-state index in [1.54, 1.807) is 36.8 Å². The van der Waals surface area contributed by atoms with Gasteiger partial charge in [-0.1, -0.05) is 18.1 Å². The number of nitrogens with one attached hydrogen (secondary N) is 3. The second-order valence-corrected chi connectivity index (χ2v) is 8.75. The summed E-state index contributed by atoms with van der Waals surface area (Å²) in [5, 5.41) is 10.1. The van der Waals surface area contributed by atoms with Gasteiger partial charge in [0.05, 0.1) is 11.4 Å². The van der Waals surface area contributed by atoms with Gasteiger partial charge in [0.2, 0.25) is 5.91 Å². The first-order chi connectivity index (χ1) is 18.8. The van der Waals surface area contributed by atoms with Crippen LogP contribution >= 0.6 is 0 Å². The number of carbonyl (C=O) groups is 1. The molecule has 1 amide bonds. The lowest BCUT2D eigenvalue weighted by Gasteiger charge is -2.18. The number of rotatable bonds is 6. The van der Waals surface area contributed by atoms with Crippen molar-refractivity contribution in [1.82, 2.24) is 9.97 Å². The highest BCUT2D eigenvalue weighted by molar-refractivity contribution is 5.95. The van der Waals surface area contributed by atoms with Crippen LogP contribution in [0.3, 0.4) is 0 Å². The van der Waals surface area contributed by atoms with Crippen LogP contribution in [0.15, 0.2) is 103 Å². The summed E-state index contributed by atoms with van der Waals surface area (Å²) in [7, 11) is 0. The number of nitrogens with zero attached hydrogens (tertiary/aromatic N) is 2. The zero-order chi connectivity index (χ0) is 27.2. The maximum atomic E-state index is 12.8. The van der Waals surface area contributed by atoms with E-state index in [2.05, 4.69) is 31.8 Å². The second kappa shape index (κ2) is 11.1. The van der Waals surface area contributed by atoms with Crippen LogP contribution in [0.1, 0.15) is 12.0 Å². The summed E-state index contributed by atoms with van der Waals surface area (Å²) in [5.74, 6) is 2.97. The van der Waals surface area contributed by atoms with Crippen LogP contribution in [0, 0.1) is 17.8 Å². The minimum Gasteiger partial charge on any atom is -0.355 e. The van der Waals surface area contributed by atoms with E-state index in [0.717, 1.165) is 17.1 Å². The van der Waals surface area contributed by atoms with Crippen LogP contribution in [0.4, 0.5) is 35.9 Å². The Morgan fingerprint density at radius 1 is 0.897 bits per heavy atom. The SMILES string of the molecule is O=C(Nc1ccc(Nc2ccncc2)cc1)C1C=CC(Nc2ccnc3ccc(C#CC(F)(F)F)cc23)=CC1. The average molecular weight is 526 g/mol. The largest absolute Gasteiger partial charge is 0.458 e. The fraction of sp³-hybridized carbons (Fsp3) is 0.100. The molecule has 1 atom stereocenters. The molecule has 194 valence electrons. The van der Waals surface area contributed by atoms with Gasteiger partial charge in [0.15, 0.2) is 0 Å². The third kappa shape index (κ3) is 6.81. The van der Waals surface area contributed by atoms with Gasteiger partial charge < -0.3 is 16.0 Å². The van der Waals surface area contributed by atoms with Crippen molar-refractivity contribution < 1.29 is 18.0 Å². The monoisotopic (exact) mass is 525 g/mol. The highest BCUT2D eigenvalue weighted by Crippen LogP contribution is 2.27. The van der Waals surface area contributed by atoms with Crippen LogP contribution in [0.5, 0.6) is 0 Å². The Kier molecular flexibility index (Phi) is 7.28. The topological polar surface area (TPSA) is 78.9 Å². The number of halogens is 3. The van der Waals surface area contributed by atoms with Crippen molar-refractivity contribution >= 4 is 39.6 Å². The van der Waals surface area contributed by atoms with Gasteiger partial charge >= 0.3 is 6.18 Å². The van der Waals surface area contributed by atoms with Crippen molar-refractivity contribution in [2.75, 3.05) is 16.0 Å². The molecule has 2 aromatic heterocycles. The number of fused-ring (bicyclic) bond motifs is 1. The van der Waals surface area contributed by atoms with Crippen molar-refractivity contribution in [2.45, 2.75) is 12.6 Å². The standard InChI is InChI=1S/C30H22F3N5O/c31-30(32,33)15-11-20-1-10-27-26(19-20)28(14-18-35-27)37-23-4-2-21(3-5-23)29(39)38-24-8-6-22(7-9-24)36-25-12-16-34-17-13-25/h1-2,4-10,12-14,16-19,21H,3H2,(H,34,36)(H,35,37)(H,38,39). The van der Waals surface area contributed by atoms with E-state index in [-0.39, 0.29) is 17.4 Å². The van der Waals surface area contributed by atoms with Crippen molar-refractivity contribution in [2.24, 2.45) is 5.92 Å². The summed E-state index contributed by atoms with van der Waals surface area (Å²) < 4.78 is 37.5. The van der Waals surface area contributed by atoms with Gasteiger partial charge in [0.25, 0.3) is 0 Å². The quantitative estimate of drug-likeness (QED) is 0.242. The highest BCUT2D eigenvalue weighted by atomic mass is 19.4. The predicted octanol–water partition coefficient (Wildman–Crippen LogP) is 6.80. The first-order valence-corrected chi connectivity index (χ1v) is 12.0. The molecule has 0 saturated carbocycles. The molecule has 0 radical (unpaired) electrons. The van der Waals surface area contributed by atoms with Gasteiger partial charge in [0, 0.05) is 63.9 Å². The van der Waals surface area contributed by atoms with E-state index < -0.39 is 6.18 Å². The van der Waals surface area contributed by atoms with Crippen LogP contribution in [0.2, 0.25) is 0 Å². The summed E-state index contributed by atoms with van der Waals surface area (Å²) in [4.78, 5) is 21.1. The summed E-state index contributed by atoms with van der Waals surface area (Å²) in [6, 6.07) is 17.6. The maximum Gasteiger partial charge on any atom is 0.458 e. The number of aromatic nitrogens is 2. The van der Waals surface area contributed by atoms with Gasteiger partial charge in [-0.15, -0.1) is 0 Å². The minimum absolute atomic E-state index is 0.126. The van der Waals surface area contributed by atoms with Gasteiger partial charge in [-0.3, -0.25) is 14.8 Å². The molecule has 39 heavy (non-hydrogen) atoms. The molecule has 0 bridgehead atoms. The Morgan fingerprint density at radius 3 is 2.36 bits per heavy atom. The fourth-order valence-electron chi connectivity index (χ4n) is 4.01. The van der Waals surface area contributed by atoms with Gasteiger partial charge in [-0.05, 0) is 73.2 Å². The van der Waals surface area contributed by atoms with E-state index in [0.29, 0.717) is 28.7 Å². The van der Waals surface area contributed by atoms with Gasteiger partial charge in [-0.25, -0.2) is 0 Å². The third-order valence-electron chi connectivity index (χ3n) is 5.93. The van der Waals surface area contributed by atoms with Crippen LogP contribution in [-0.2, 0) is 4.79 Å². The molecule has 2 heterocycles. The van der Waals surface area contributed by atoms with Crippen molar-refractivity contribution in [3.63, 3.8) is 0 Å². The number of amides is 1. The second-order valence-electron chi connectivity index (χ2n) is 8.75. The van der Waals surface area contributed by atoms with E-state index in [1.807, 2.05) is 54.6 Å². The molecule has 1 unspecified atom stereocenters. The normalized spacial score (nSPS) is 14.6. The Labute approximate surface area is 222 Å². The van der Waals surface area contributed by atoms with Gasteiger partial charge in [-0.2, -0.15) is 13.2 Å². The molecule has 2 aromatic carbocycles. The Balaban J connectivity index is 1.21. The Bertz CT molecular complexity index is 1620. The first-order valence-electron chi connectivity index (χ1n) is 12.0. The fourth-order valence-corrected chi connectivity index (χ4v) is 4.01. The number of benzene rings is 2. The predicted molar refractivity (Wildman–Crippen MR) is 146 cm³/mol. The molecule has 5 rings (SSSR count). The highest BCUT2D eigenvalue weighted by Gasteiger charge is 2.23. The summed E-state index contributed by atoms with van der Waals surface area (Å²) in [6.45, 7) is 0. The van der Waals surface area contributed by atoms with Crippen molar-refractivity contribution in [3.8, 4) is 11.8 Å². The molecule has 1 aliphatic carbocycles. The summed E-state index contributed by atoms with van der Waals surface area (Å²) in [5.41, 5.74) is 4.80. The lowest BCUT2D eigenvalue weighted by Crippen LogP contribution is -2.22. The minimum atomic E-state index is -4.56. The lowest BCUT2D eigenvalue weighted by atomic mass is 9.98. The Hall–Kier alpha value is -5.10. The Morgan fingerprint density at radius 2 is 1.64 bits per heavy atom. The number of anilines is 4. The molecule has 0 saturated heterocycles. The van der Waals surface area contributed by atoms with Crippen LogP contribution < -0.4 is 16.0 Å². The molecule has 6 nitrogen and oxygen atoms in total. The van der Waals surface area contributed by atoms with Gasteiger partial charge in [0.1, 0.15) is 0 Å². The van der Waals surface area contributed by atoms with Crippen molar-refractivity contribution in [3.05, 3.63) is 109 Å². The summed E-state index contributed by atoms with van der Waals surface area (Å²) in [6.07, 6.45) is 6.49. The molecule has 3 N–H and O–H groups in total. The molecule has 0 spiro atoms. The smallest absolute Gasteiger partial charge is 0.355 e. The molecule has 1 aliphatic rings. The van der Waals surface area contributed by atoms with Crippen LogP contribution in [0.25, 0.3) is 10.9 Å². The molecule has 0 fully saturated rings. The van der Waals surface area contributed by atoms with E-state index >= 15 is 0 Å². The van der Waals surface area contributed by atoms with E-state index in [4.69, 9.17) is 0 Å². The first kappa shape index (κ1) is 25.5. The number of carbonyl (C=O) groups excluding carboxylic acids is 1. The van der Waals surface area contributed by atoms with E-state index in [9.17, 15) is 18.0 Å². The average Bonchev–Trinajstić information content (AvgIpc) is 2.94. The lowest BCUT2D eigenvalue weighted by molar-refractivity contribution is -0.118. The number of hydrogen-bond donors (Lipinski definition) is 3. The van der Waals surface area contributed by atoms with E-state index in [1.165, 1.54) is 12.0 Å². The van der Waals surface area contributed by atoms with Crippen LogP contribution in [-0.4, -0.2) is 22.1 Å². The zero-order valence-corrected chi connectivity index (χ0v) is 20.5.